The number of benzene rings is 2. The van der Waals surface area contributed by atoms with Crippen LogP contribution >= 0.6 is 11.6 Å². The summed E-state index contributed by atoms with van der Waals surface area (Å²) >= 11 is 5.61. The Morgan fingerprint density at radius 3 is 2.50 bits per heavy atom. The Hall–Kier alpha value is -2.93. The number of carbonyl (C=O) groups excluding carboxylic acids is 3. The molecule has 0 saturated heterocycles. The van der Waals surface area contributed by atoms with E-state index in [0.717, 1.165) is 6.07 Å². The number of ether oxygens (including phenoxy) is 2. The van der Waals surface area contributed by atoms with E-state index in [1.807, 2.05) is 0 Å². The Labute approximate surface area is 153 Å². The maximum Gasteiger partial charge on any atom is 0.341 e. The first-order chi connectivity index (χ1) is 12.3. The van der Waals surface area contributed by atoms with Gasteiger partial charge >= 0.3 is 11.9 Å². The van der Waals surface area contributed by atoms with Crippen molar-refractivity contribution in [1.82, 2.24) is 0 Å². The van der Waals surface area contributed by atoms with Gasteiger partial charge < -0.3 is 14.8 Å². The topological polar surface area (TPSA) is 81.7 Å². The van der Waals surface area contributed by atoms with Crippen LogP contribution in [0.5, 0.6) is 0 Å². The van der Waals surface area contributed by atoms with E-state index in [0.29, 0.717) is 11.3 Å². The molecule has 2 aromatic carbocycles. The van der Waals surface area contributed by atoms with Crippen LogP contribution in [0.4, 0.5) is 10.1 Å². The summed E-state index contributed by atoms with van der Waals surface area (Å²) < 4.78 is 23.1. The van der Waals surface area contributed by atoms with Crippen LogP contribution in [0.2, 0.25) is 5.02 Å². The molecule has 0 aromatic heterocycles. The second kappa shape index (κ2) is 8.44. The van der Waals surface area contributed by atoms with E-state index in [9.17, 15) is 18.8 Å². The second-order valence-corrected chi connectivity index (χ2v) is 5.71. The minimum Gasteiger partial charge on any atom is -0.465 e. The third-order valence-electron chi connectivity index (χ3n) is 3.42. The fourth-order valence-corrected chi connectivity index (χ4v) is 2.21. The molecule has 0 bridgehead atoms. The Bertz CT molecular complexity index is 869. The zero-order valence-corrected chi connectivity index (χ0v) is 14.7. The van der Waals surface area contributed by atoms with Gasteiger partial charge in [0.15, 0.2) is 6.61 Å². The van der Waals surface area contributed by atoms with Gasteiger partial charge in [-0.15, -0.1) is 0 Å². The highest BCUT2D eigenvalue weighted by Gasteiger charge is 2.16. The van der Waals surface area contributed by atoms with Crippen LogP contribution in [0.1, 0.15) is 26.3 Å². The molecule has 0 radical (unpaired) electrons. The molecule has 6 nitrogen and oxygen atoms in total. The molecule has 8 heteroatoms. The highest BCUT2D eigenvalue weighted by molar-refractivity contribution is 6.30. The van der Waals surface area contributed by atoms with E-state index < -0.39 is 30.3 Å². The van der Waals surface area contributed by atoms with E-state index in [1.54, 1.807) is 19.1 Å². The average Bonchev–Trinajstić information content (AvgIpc) is 2.61. The number of amides is 1. The third-order valence-corrected chi connectivity index (χ3v) is 3.65. The van der Waals surface area contributed by atoms with Crippen molar-refractivity contribution in [3.8, 4) is 0 Å². The summed E-state index contributed by atoms with van der Waals surface area (Å²) in [6, 6.07) is 8.11. The molecule has 0 aliphatic carbocycles. The first-order valence-corrected chi connectivity index (χ1v) is 7.80. The van der Waals surface area contributed by atoms with Gasteiger partial charge in [-0.1, -0.05) is 17.7 Å². The van der Waals surface area contributed by atoms with Crippen LogP contribution in [0.3, 0.4) is 0 Å². The summed E-state index contributed by atoms with van der Waals surface area (Å²) in [7, 11) is 1.25. The fourth-order valence-electron chi connectivity index (χ4n) is 2.05. The Balaban J connectivity index is 2.00. The molecule has 0 aliphatic rings. The average molecular weight is 380 g/mol. The summed E-state index contributed by atoms with van der Waals surface area (Å²) in [5.74, 6) is -3.03. The van der Waals surface area contributed by atoms with Crippen molar-refractivity contribution in [3.63, 3.8) is 0 Å². The van der Waals surface area contributed by atoms with Crippen LogP contribution in [-0.2, 0) is 14.3 Å². The van der Waals surface area contributed by atoms with Crippen molar-refractivity contribution in [3.05, 3.63) is 63.9 Å². The van der Waals surface area contributed by atoms with Crippen LogP contribution in [-0.4, -0.2) is 31.6 Å². The van der Waals surface area contributed by atoms with Gasteiger partial charge in [0.1, 0.15) is 5.82 Å². The van der Waals surface area contributed by atoms with Crippen LogP contribution in [0.15, 0.2) is 36.4 Å². The molecule has 0 atom stereocenters. The Kier molecular flexibility index (Phi) is 6.30. The Morgan fingerprint density at radius 2 is 1.85 bits per heavy atom. The SMILES string of the molecule is COC(=O)c1ccc(C)c(NC(=O)COC(=O)c2ccc(Cl)cc2F)c1. The molecular formula is C18H15ClFNO5. The molecule has 2 rings (SSSR count). The van der Waals surface area contributed by atoms with E-state index in [2.05, 4.69) is 10.1 Å². The van der Waals surface area contributed by atoms with Gasteiger partial charge in [0.25, 0.3) is 5.91 Å². The number of methoxy groups -OCH3 is 1. The van der Waals surface area contributed by atoms with Crippen molar-refractivity contribution < 1.29 is 28.2 Å². The van der Waals surface area contributed by atoms with Crippen LogP contribution < -0.4 is 5.32 Å². The number of halogens is 2. The number of rotatable bonds is 5. The molecule has 0 aliphatic heterocycles. The van der Waals surface area contributed by atoms with Crippen molar-refractivity contribution in [2.45, 2.75) is 6.92 Å². The summed E-state index contributed by atoms with van der Waals surface area (Å²) in [4.78, 5) is 35.3. The van der Waals surface area contributed by atoms with Crippen LogP contribution in [0, 0.1) is 12.7 Å². The number of esters is 2. The molecule has 0 heterocycles. The second-order valence-electron chi connectivity index (χ2n) is 5.27. The largest absolute Gasteiger partial charge is 0.465 e. The van der Waals surface area contributed by atoms with E-state index in [4.69, 9.17) is 16.3 Å². The molecule has 26 heavy (non-hydrogen) atoms. The van der Waals surface area contributed by atoms with E-state index in [-0.39, 0.29) is 16.1 Å². The molecule has 136 valence electrons. The minimum absolute atomic E-state index is 0.137. The van der Waals surface area contributed by atoms with E-state index in [1.165, 1.54) is 25.3 Å². The molecule has 0 spiro atoms. The third kappa shape index (κ3) is 4.80. The maximum atomic E-state index is 13.6. The van der Waals surface area contributed by atoms with Gasteiger partial charge in [-0.3, -0.25) is 4.79 Å². The van der Waals surface area contributed by atoms with E-state index >= 15 is 0 Å². The molecule has 1 N–H and O–H groups in total. The highest BCUT2D eigenvalue weighted by atomic mass is 35.5. The molecule has 2 aromatic rings. The number of hydrogen-bond donors (Lipinski definition) is 1. The molecular weight excluding hydrogens is 365 g/mol. The van der Waals surface area contributed by atoms with Crippen LogP contribution in [0.25, 0.3) is 0 Å². The zero-order chi connectivity index (χ0) is 19.3. The fraction of sp³-hybridized carbons (Fsp3) is 0.167. The number of aryl methyl sites for hydroxylation is 1. The van der Waals surface area contributed by atoms with Gasteiger partial charge in [-0.05, 0) is 42.8 Å². The quantitative estimate of drug-likeness (QED) is 0.805. The smallest absolute Gasteiger partial charge is 0.341 e. The van der Waals surface area contributed by atoms with Gasteiger partial charge in [-0.2, -0.15) is 0 Å². The lowest BCUT2D eigenvalue weighted by atomic mass is 10.1. The lowest BCUT2D eigenvalue weighted by Crippen LogP contribution is -2.22. The number of carbonyl (C=O) groups is 3. The predicted molar refractivity (Wildman–Crippen MR) is 92.8 cm³/mol. The monoisotopic (exact) mass is 379 g/mol. The van der Waals surface area contributed by atoms with Crippen molar-refractivity contribution >= 4 is 35.1 Å². The van der Waals surface area contributed by atoms with Crippen molar-refractivity contribution in [1.29, 1.82) is 0 Å². The lowest BCUT2D eigenvalue weighted by Gasteiger charge is -2.10. The first kappa shape index (κ1) is 19.4. The van der Waals surface area contributed by atoms with Crippen molar-refractivity contribution in [2.24, 2.45) is 0 Å². The summed E-state index contributed by atoms with van der Waals surface area (Å²) in [6.07, 6.45) is 0. The molecule has 0 fully saturated rings. The normalized spacial score (nSPS) is 10.2. The number of anilines is 1. The molecule has 1 amide bonds. The molecule has 0 saturated carbocycles. The molecule has 0 unspecified atom stereocenters. The summed E-state index contributed by atoms with van der Waals surface area (Å²) in [5.41, 5.74) is 0.993. The zero-order valence-electron chi connectivity index (χ0n) is 14.0. The van der Waals surface area contributed by atoms with Gasteiger partial charge in [0, 0.05) is 10.7 Å². The summed E-state index contributed by atoms with van der Waals surface area (Å²) in [6.45, 7) is 1.11. The maximum absolute atomic E-state index is 13.6. The number of hydrogen-bond acceptors (Lipinski definition) is 5. The van der Waals surface area contributed by atoms with Crippen molar-refractivity contribution in [2.75, 3.05) is 19.0 Å². The van der Waals surface area contributed by atoms with Gasteiger partial charge in [0.2, 0.25) is 0 Å². The first-order valence-electron chi connectivity index (χ1n) is 7.43. The standard InChI is InChI=1S/C18H15ClFNO5/c1-10-3-4-11(17(23)25-2)7-15(10)21-16(22)9-26-18(24)13-6-5-12(19)8-14(13)20/h3-8H,9H2,1-2H3,(H,21,22). The minimum atomic E-state index is -0.991. The predicted octanol–water partition coefficient (Wildman–Crippen LogP) is 3.37. The van der Waals surface area contributed by atoms with Gasteiger partial charge in [-0.25, -0.2) is 14.0 Å². The Morgan fingerprint density at radius 1 is 1.12 bits per heavy atom. The lowest BCUT2D eigenvalue weighted by molar-refractivity contribution is -0.119. The highest BCUT2D eigenvalue weighted by Crippen LogP contribution is 2.18. The number of nitrogens with one attached hydrogen (secondary N) is 1. The van der Waals surface area contributed by atoms with Gasteiger partial charge in [0.05, 0.1) is 18.2 Å². The summed E-state index contributed by atoms with van der Waals surface area (Å²) in [5, 5.41) is 2.66.